The van der Waals surface area contributed by atoms with E-state index in [4.69, 9.17) is 0 Å². The topological polar surface area (TPSA) is 85.0 Å². The first-order chi connectivity index (χ1) is 8.59. The predicted octanol–water partition coefficient (Wildman–Crippen LogP) is 1.19. The van der Waals surface area contributed by atoms with E-state index in [1.54, 1.807) is 14.0 Å². The molecule has 1 aliphatic carbocycles. The molecule has 7 nitrogen and oxygen atoms in total. The average Bonchev–Trinajstić information content (AvgIpc) is 3.05. The number of hydrogen-bond acceptors (Lipinski definition) is 5. The van der Waals surface area contributed by atoms with E-state index < -0.39 is 0 Å². The van der Waals surface area contributed by atoms with Crippen molar-refractivity contribution in [2.45, 2.75) is 32.2 Å². The van der Waals surface area contributed by atoms with Crippen molar-refractivity contribution in [1.82, 2.24) is 15.1 Å². The molecule has 1 saturated carbocycles. The van der Waals surface area contributed by atoms with Crippen molar-refractivity contribution >= 4 is 11.5 Å². The number of aromatic nitrogens is 2. The van der Waals surface area contributed by atoms with Gasteiger partial charge >= 0.3 is 5.69 Å². The third-order valence-electron chi connectivity index (χ3n) is 3.03. The van der Waals surface area contributed by atoms with Crippen molar-refractivity contribution in [2.24, 2.45) is 7.05 Å². The van der Waals surface area contributed by atoms with Crippen molar-refractivity contribution in [3.63, 3.8) is 0 Å². The fourth-order valence-electron chi connectivity index (χ4n) is 1.95. The Morgan fingerprint density at radius 1 is 1.50 bits per heavy atom. The lowest BCUT2D eigenvalue weighted by molar-refractivity contribution is -0.384. The van der Waals surface area contributed by atoms with E-state index >= 15 is 0 Å². The van der Waals surface area contributed by atoms with Gasteiger partial charge in [-0.3, -0.25) is 10.1 Å². The number of nitro groups is 1. The van der Waals surface area contributed by atoms with E-state index in [-0.39, 0.29) is 10.6 Å². The minimum Gasteiger partial charge on any atom is -0.364 e. The molecular formula is C11H19N5O2. The number of hydrogen-bond donors (Lipinski definition) is 2. The summed E-state index contributed by atoms with van der Waals surface area (Å²) in [5.41, 5.74) is 0.522. The Balaban J connectivity index is 1.85. The maximum absolute atomic E-state index is 10.9. The number of anilines is 1. The summed E-state index contributed by atoms with van der Waals surface area (Å²) in [7, 11) is 1.71. The second-order valence-corrected chi connectivity index (χ2v) is 4.67. The number of aryl methyl sites for hydroxylation is 2. The molecule has 0 atom stereocenters. The lowest BCUT2D eigenvalue weighted by Crippen LogP contribution is -2.20. The Bertz CT molecular complexity index is 439. The highest BCUT2D eigenvalue weighted by Crippen LogP contribution is 2.27. The van der Waals surface area contributed by atoms with Crippen molar-refractivity contribution in [3.05, 3.63) is 15.8 Å². The lowest BCUT2D eigenvalue weighted by Gasteiger charge is -2.06. The van der Waals surface area contributed by atoms with Crippen molar-refractivity contribution < 1.29 is 4.92 Å². The molecule has 0 amide bonds. The molecule has 0 aliphatic heterocycles. The van der Waals surface area contributed by atoms with Crippen LogP contribution in [0.5, 0.6) is 0 Å². The van der Waals surface area contributed by atoms with Crippen LogP contribution in [0.3, 0.4) is 0 Å². The van der Waals surface area contributed by atoms with Gasteiger partial charge in [-0.1, -0.05) is 0 Å². The summed E-state index contributed by atoms with van der Waals surface area (Å²) >= 11 is 0. The second kappa shape index (κ2) is 5.34. The average molecular weight is 253 g/mol. The Hall–Kier alpha value is -1.63. The first-order valence-corrected chi connectivity index (χ1v) is 6.25. The largest absolute Gasteiger partial charge is 0.364 e. The van der Waals surface area contributed by atoms with Crippen LogP contribution in [0.25, 0.3) is 0 Å². The van der Waals surface area contributed by atoms with Crippen LogP contribution in [-0.4, -0.2) is 33.8 Å². The molecule has 0 spiro atoms. The Morgan fingerprint density at radius 3 is 2.83 bits per heavy atom. The molecule has 1 heterocycles. The molecule has 0 unspecified atom stereocenters. The zero-order valence-electron chi connectivity index (χ0n) is 10.8. The van der Waals surface area contributed by atoms with Crippen LogP contribution < -0.4 is 10.6 Å². The zero-order chi connectivity index (χ0) is 13.1. The highest BCUT2D eigenvalue weighted by molar-refractivity contribution is 5.59. The molecular weight excluding hydrogens is 234 g/mol. The van der Waals surface area contributed by atoms with Crippen LogP contribution in [0.1, 0.15) is 25.0 Å². The minimum absolute atomic E-state index is 0.0765. The van der Waals surface area contributed by atoms with Gasteiger partial charge in [0.05, 0.1) is 4.92 Å². The van der Waals surface area contributed by atoms with E-state index in [0.29, 0.717) is 24.1 Å². The quantitative estimate of drug-likeness (QED) is 0.433. The second-order valence-electron chi connectivity index (χ2n) is 4.67. The molecule has 1 aliphatic rings. The van der Waals surface area contributed by atoms with Gasteiger partial charge in [0.15, 0.2) is 0 Å². The standard InChI is InChI=1S/C11H19N5O2/c1-8-10(16(17)18)11(15(2)14-8)13-7-3-6-12-9-4-5-9/h9,12-13H,3-7H2,1-2H3. The van der Waals surface area contributed by atoms with Crippen LogP contribution in [-0.2, 0) is 7.05 Å². The van der Waals surface area contributed by atoms with Crippen LogP contribution in [0, 0.1) is 17.0 Å². The maximum atomic E-state index is 10.9. The summed E-state index contributed by atoms with van der Waals surface area (Å²) in [4.78, 5) is 10.6. The maximum Gasteiger partial charge on any atom is 0.333 e. The van der Waals surface area contributed by atoms with Gasteiger partial charge in [-0.05, 0) is 32.7 Å². The monoisotopic (exact) mass is 253 g/mol. The first kappa shape index (κ1) is 12.8. The lowest BCUT2D eigenvalue weighted by atomic mass is 10.3. The molecule has 0 saturated heterocycles. The third-order valence-corrected chi connectivity index (χ3v) is 3.03. The van der Waals surface area contributed by atoms with Gasteiger partial charge in [0.1, 0.15) is 5.69 Å². The van der Waals surface area contributed by atoms with Crippen molar-refractivity contribution in [1.29, 1.82) is 0 Å². The highest BCUT2D eigenvalue weighted by atomic mass is 16.6. The van der Waals surface area contributed by atoms with Crippen molar-refractivity contribution in [3.8, 4) is 0 Å². The molecule has 0 radical (unpaired) electrons. The third kappa shape index (κ3) is 2.98. The summed E-state index contributed by atoms with van der Waals surface area (Å²) < 4.78 is 1.53. The molecule has 1 fully saturated rings. The summed E-state index contributed by atoms with van der Waals surface area (Å²) in [5, 5.41) is 21.5. The molecule has 100 valence electrons. The molecule has 2 N–H and O–H groups in total. The Labute approximate surface area is 106 Å². The summed E-state index contributed by atoms with van der Waals surface area (Å²) in [6.07, 6.45) is 3.50. The van der Waals surface area contributed by atoms with Gasteiger partial charge < -0.3 is 10.6 Å². The highest BCUT2D eigenvalue weighted by Gasteiger charge is 2.23. The minimum atomic E-state index is -0.382. The van der Waals surface area contributed by atoms with Gasteiger partial charge in [-0.2, -0.15) is 5.10 Å². The van der Waals surface area contributed by atoms with Crippen LogP contribution >= 0.6 is 0 Å². The summed E-state index contributed by atoms with van der Waals surface area (Å²) in [6.45, 7) is 3.31. The number of nitrogens with zero attached hydrogens (tertiary/aromatic N) is 3. The van der Waals surface area contributed by atoms with Crippen LogP contribution in [0.15, 0.2) is 0 Å². The summed E-state index contributed by atoms with van der Waals surface area (Å²) in [5.74, 6) is 0.490. The Kier molecular flexibility index (Phi) is 3.81. The zero-order valence-corrected chi connectivity index (χ0v) is 10.8. The van der Waals surface area contributed by atoms with Gasteiger partial charge in [0.2, 0.25) is 5.82 Å². The normalized spacial score (nSPS) is 14.8. The smallest absolute Gasteiger partial charge is 0.333 e. The van der Waals surface area contributed by atoms with E-state index in [0.717, 1.165) is 13.0 Å². The van der Waals surface area contributed by atoms with Gasteiger partial charge in [0.25, 0.3) is 0 Å². The fraction of sp³-hybridized carbons (Fsp3) is 0.727. The van der Waals surface area contributed by atoms with Gasteiger partial charge in [-0.15, -0.1) is 0 Å². The number of rotatable bonds is 7. The fourth-order valence-corrected chi connectivity index (χ4v) is 1.95. The summed E-state index contributed by atoms with van der Waals surface area (Å²) in [6, 6.07) is 0.707. The number of nitrogens with one attached hydrogen (secondary N) is 2. The Morgan fingerprint density at radius 2 is 2.22 bits per heavy atom. The van der Waals surface area contributed by atoms with Crippen molar-refractivity contribution in [2.75, 3.05) is 18.4 Å². The van der Waals surface area contributed by atoms with E-state index in [9.17, 15) is 10.1 Å². The molecule has 0 bridgehead atoms. The van der Waals surface area contributed by atoms with E-state index in [1.165, 1.54) is 17.5 Å². The predicted molar refractivity (Wildman–Crippen MR) is 68.7 cm³/mol. The molecule has 1 aromatic heterocycles. The molecule has 7 heteroatoms. The van der Waals surface area contributed by atoms with Gasteiger partial charge in [0, 0.05) is 19.6 Å². The van der Waals surface area contributed by atoms with E-state index in [2.05, 4.69) is 15.7 Å². The molecule has 2 rings (SSSR count). The van der Waals surface area contributed by atoms with E-state index in [1.807, 2.05) is 0 Å². The first-order valence-electron chi connectivity index (χ1n) is 6.25. The molecule has 18 heavy (non-hydrogen) atoms. The molecule has 0 aromatic carbocycles. The van der Waals surface area contributed by atoms with Gasteiger partial charge in [-0.25, -0.2) is 4.68 Å². The molecule has 1 aromatic rings. The SMILES string of the molecule is Cc1nn(C)c(NCCCNC2CC2)c1[N+](=O)[O-]. The van der Waals surface area contributed by atoms with Crippen LogP contribution in [0.2, 0.25) is 0 Å². The van der Waals surface area contributed by atoms with Crippen LogP contribution in [0.4, 0.5) is 11.5 Å².